The second-order valence-electron chi connectivity index (χ2n) is 6.00. The van der Waals surface area contributed by atoms with Crippen LogP contribution in [0, 0.1) is 6.92 Å². The van der Waals surface area contributed by atoms with Crippen LogP contribution < -0.4 is 10.7 Å². The Hall–Kier alpha value is -3.41. The summed E-state index contributed by atoms with van der Waals surface area (Å²) >= 11 is 0. The minimum atomic E-state index is -0.382. The lowest BCUT2D eigenvalue weighted by atomic mass is 10.1. The Balaban J connectivity index is 1.82. The minimum absolute atomic E-state index is 0.0114. The maximum Gasteiger partial charge on any atom is 0.240 e. The lowest BCUT2D eigenvalue weighted by Crippen LogP contribution is -2.20. The number of carbonyl (C=O) groups excluding carboxylic acids is 2. The van der Waals surface area contributed by atoms with Crippen molar-refractivity contribution in [1.29, 1.82) is 0 Å². The number of amides is 2. The molecule has 0 spiro atoms. The number of nitrogens with zero attached hydrogens (tertiary/aromatic N) is 1. The molecule has 0 aliphatic carbocycles. The van der Waals surface area contributed by atoms with Crippen LogP contribution in [0.4, 0.5) is 5.69 Å². The van der Waals surface area contributed by atoms with Crippen LogP contribution in [0.25, 0.3) is 0 Å². The van der Waals surface area contributed by atoms with Gasteiger partial charge >= 0.3 is 0 Å². The molecule has 0 aliphatic rings. The van der Waals surface area contributed by atoms with Crippen molar-refractivity contribution >= 4 is 23.7 Å². The molecule has 0 saturated heterocycles. The van der Waals surface area contributed by atoms with Gasteiger partial charge in [-0.1, -0.05) is 36.4 Å². The van der Waals surface area contributed by atoms with Crippen molar-refractivity contribution in [3.63, 3.8) is 0 Å². The van der Waals surface area contributed by atoms with Gasteiger partial charge in [-0.05, 0) is 36.6 Å². The summed E-state index contributed by atoms with van der Waals surface area (Å²) in [6.07, 6.45) is 3.66. The highest BCUT2D eigenvalue weighted by Gasteiger charge is 2.08. The number of hydrazone groups is 1. The second kappa shape index (κ2) is 9.91. The number of anilines is 1. The van der Waals surface area contributed by atoms with Gasteiger partial charge < -0.3 is 10.4 Å². The van der Waals surface area contributed by atoms with Crippen LogP contribution in [0.3, 0.4) is 0 Å². The molecule has 0 fully saturated rings. The topological polar surface area (TPSA) is 90.8 Å². The number of para-hydroxylation sites is 2. The van der Waals surface area contributed by atoms with E-state index >= 15 is 0 Å². The first-order valence-corrected chi connectivity index (χ1v) is 8.60. The summed E-state index contributed by atoms with van der Waals surface area (Å²) < 4.78 is 0. The highest BCUT2D eigenvalue weighted by atomic mass is 16.3. The SMILES string of the molecule is C=CCc1cccc(/C=N/NC(=O)CCC(=O)Nc2ccccc2C)c1O. The molecule has 3 N–H and O–H groups in total. The molecule has 2 aromatic carbocycles. The van der Waals surface area contributed by atoms with Gasteiger partial charge in [0, 0.05) is 24.1 Å². The van der Waals surface area contributed by atoms with E-state index in [1.165, 1.54) is 6.21 Å². The van der Waals surface area contributed by atoms with E-state index in [9.17, 15) is 14.7 Å². The number of hydrogen-bond donors (Lipinski definition) is 3. The predicted octanol–water partition coefficient (Wildman–Crippen LogP) is 3.30. The maximum atomic E-state index is 11.9. The number of aromatic hydroxyl groups is 1. The van der Waals surface area contributed by atoms with Gasteiger partial charge in [0.05, 0.1) is 6.21 Å². The third kappa shape index (κ3) is 6.11. The Morgan fingerprint density at radius 2 is 1.85 bits per heavy atom. The molecule has 6 nitrogen and oxygen atoms in total. The Bertz CT molecular complexity index is 860. The lowest BCUT2D eigenvalue weighted by Gasteiger charge is -2.07. The van der Waals surface area contributed by atoms with E-state index in [4.69, 9.17) is 0 Å². The fourth-order valence-corrected chi connectivity index (χ4v) is 2.42. The summed E-state index contributed by atoms with van der Waals surface area (Å²) in [5.41, 5.74) is 5.27. The summed E-state index contributed by atoms with van der Waals surface area (Å²) in [6, 6.07) is 12.7. The Morgan fingerprint density at radius 1 is 1.11 bits per heavy atom. The number of phenols is 1. The van der Waals surface area contributed by atoms with Crippen LogP contribution in [0.5, 0.6) is 5.75 Å². The van der Waals surface area contributed by atoms with E-state index in [1.54, 1.807) is 24.3 Å². The quantitative estimate of drug-likeness (QED) is 0.381. The Labute approximate surface area is 158 Å². The van der Waals surface area contributed by atoms with Crippen molar-refractivity contribution in [2.24, 2.45) is 5.10 Å². The van der Waals surface area contributed by atoms with Crippen LogP contribution in [0.2, 0.25) is 0 Å². The van der Waals surface area contributed by atoms with Crippen LogP contribution in [0.15, 0.2) is 60.2 Å². The van der Waals surface area contributed by atoms with E-state index in [1.807, 2.05) is 31.2 Å². The predicted molar refractivity (Wildman–Crippen MR) is 107 cm³/mol. The molecule has 0 aliphatic heterocycles. The lowest BCUT2D eigenvalue weighted by molar-refractivity contribution is -0.124. The fraction of sp³-hybridized carbons (Fsp3) is 0.190. The molecule has 2 aromatic rings. The van der Waals surface area contributed by atoms with Crippen molar-refractivity contribution in [3.05, 3.63) is 71.8 Å². The zero-order valence-electron chi connectivity index (χ0n) is 15.2. The first-order chi connectivity index (χ1) is 13.0. The average Bonchev–Trinajstić information content (AvgIpc) is 2.65. The van der Waals surface area contributed by atoms with Gasteiger partial charge in [-0.2, -0.15) is 5.10 Å². The van der Waals surface area contributed by atoms with Gasteiger partial charge in [0.25, 0.3) is 0 Å². The Morgan fingerprint density at radius 3 is 2.59 bits per heavy atom. The number of allylic oxidation sites excluding steroid dienone is 1. The molecule has 0 aromatic heterocycles. The molecule has 0 bridgehead atoms. The van der Waals surface area contributed by atoms with E-state index < -0.39 is 0 Å². The van der Waals surface area contributed by atoms with Gasteiger partial charge in [-0.3, -0.25) is 9.59 Å². The number of rotatable bonds is 8. The van der Waals surface area contributed by atoms with Gasteiger partial charge in [-0.15, -0.1) is 6.58 Å². The average molecular weight is 365 g/mol. The summed E-state index contributed by atoms with van der Waals surface area (Å²) in [6.45, 7) is 5.54. The number of hydrogen-bond acceptors (Lipinski definition) is 4. The molecule has 0 saturated carbocycles. The van der Waals surface area contributed by atoms with Crippen LogP contribution in [-0.4, -0.2) is 23.1 Å². The summed E-state index contributed by atoms with van der Waals surface area (Å²) in [4.78, 5) is 23.8. The van der Waals surface area contributed by atoms with Gasteiger partial charge in [-0.25, -0.2) is 5.43 Å². The largest absolute Gasteiger partial charge is 0.507 e. The molecule has 6 heteroatoms. The van der Waals surface area contributed by atoms with Crippen molar-refractivity contribution in [2.75, 3.05) is 5.32 Å². The van der Waals surface area contributed by atoms with Crippen LogP contribution in [0.1, 0.15) is 29.5 Å². The third-order valence-corrected chi connectivity index (χ3v) is 3.91. The molecular formula is C21H23N3O3. The molecule has 2 amide bonds. The first-order valence-electron chi connectivity index (χ1n) is 8.60. The molecule has 0 atom stereocenters. The van der Waals surface area contributed by atoms with E-state index in [0.717, 1.165) is 16.8 Å². The number of carbonyl (C=O) groups is 2. The summed E-state index contributed by atoms with van der Waals surface area (Å²) in [7, 11) is 0. The van der Waals surface area contributed by atoms with Crippen molar-refractivity contribution in [2.45, 2.75) is 26.2 Å². The van der Waals surface area contributed by atoms with Crippen LogP contribution >= 0.6 is 0 Å². The number of nitrogens with one attached hydrogen (secondary N) is 2. The van der Waals surface area contributed by atoms with Gasteiger partial charge in [0.2, 0.25) is 11.8 Å². The maximum absolute atomic E-state index is 11.9. The number of aryl methyl sites for hydroxylation is 1. The van der Waals surface area contributed by atoms with Crippen LogP contribution in [-0.2, 0) is 16.0 Å². The summed E-state index contributed by atoms with van der Waals surface area (Å²) in [5, 5.41) is 16.7. The molecule has 27 heavy (non-hydrogen) atoms. The standard InChI is InChI=1S/C21H23N3O3/c1-3-7-16-9-6-10-17(21(16)27)14-22-24-20(26)13-12-19(25)23-18-11-5-4-8-15(18)2/h3-6,8-11,14,27H,1,7,12-13H2,2H3,(H,23,25)(H,24,26)/b22-14+. The smallest absolute Gasteiger partial charge is 0.240 e. The molecule has 0 radical (unpaired) electrons. The normalized spacial score (nSPS) is 10.6. The monoisotopic (exact) mass is 365 g/mol. The second-order valence-corrected chi connectivity index (χ2v) is 6.00. The van der Waals surface area contributed by atoms with E-state index in [2.05, 4.69) is 22.4 Å². The highest BCUT2D eigenvalue weighted by molar-refractivity contribution is 5.94. The Kier molecular flexibility index (Phi) is 7.31. The van der Waals surface area contributed by atoms with Gasteiger partial charge in [0.1, 0.15) is 5.75 Å². The number of phenolic OH excluding ortho intramolecular Hbond substituents is 1. The first kappa shape index (κ1) is 19.9. The van der Waals surface area contributed by atoms with Crippen molar-refractivity contribution < 1.29 is 14.7 Å². The van der Waals surface area contributed by atoms with E-state index in [0.29, 0.717) is 12.0 Å². The highest BCUT2D eigenvalue weighted by Crippen LogP contribution is 2.21. The van der Waals surface area contributed by atoms with E-state index in [-0.39, 0.29) is 30.4 Å². The molecule has 0 unspecified atom stereocenters. The number of benzene rings is 2. The molecule has 2 rings (SSSR count). The molecular weight excluding hydrogens is 342 g/mol. The zero-order chi connectivity index (χ0) is 19.6. The third-order valence-electron chi connectivity index (χ3n) is 3.91. The molecule has 140 valence electrons. The molecule has 0 heterocycles. The summed E-state index contributed by atoms with van der Waals surface area (Å²) in [5.74, 6) is -0.515. The van der Waals surface area contributed by atoms with Gasteiger partial charge in [0.15, 0.2) is 0 Å². The van der Waals surface area contributed by atoms with Crippen molar-refractivity contribution in [3.8, 4) is 5.75 Å². The fourth-order valence-electron chi connectivity index (χ4n) is 2.42. The zero-order valence-corrected chi connectivity index (χ0v) is 15.2. The minimum Gasteiger partial charge on any atom is -0.507 e. The van der Waals surface area contributed by atoms with Crippen molar-refractivity contribution in [1.82, 2.24) is 5.43 Å².